The van der Waals surface area contributed by atoms with Crippen molar-refractivity contribution in [3.05, 3.63) is 64.7 Å². The molecule has 0 radical (unpaired) electrons. The molecule has 0 saturated heterocycles. The van der Waals surface area contributed by atoms with Crippen molar-refractivity contribution in [1.29, 1.82) is 0 Å². The Hall–Kier alpha value is -2.72. The summed E-state index contributed by atoms with van der Waals surface area (Å²) in [6, 6.07) is 8.02. The fourth-order valence-electron chi connectivity index (χ4n) is 4.33. The van der Waals surface area contributed by atoms with Crippen molar-refractivity contribution in [3.8, 4) is 0 Å². The Kier molecular flexibility index (Phi) is 9.30. The first-order valence-corrected chi connectivity index (χ1v) is 14.0. The van der Waals surface area contributed by atoms with Crippen LogP contribution in [0.1, 0.15) is 44.6 Å². The summed E-state index contributed by atoms with van der Waals surface area (Å²) in [5, 5.41) is 2.71. The molecule has 0 spiro atoms. The lowest BCUT2D eigenvalue weighted by molar-refractivity contribution is -0.140. The van der Waals surface area contributed by atoms with E-state index in [9.17, 15) is 26.8 Å². The molecular weight excluding hydrogens is 512 g/mol. The zero-order chi connectivity index (χ0) is 26.5. The molecule has 2 aromatic carbocycles. The second-order valence-electron chi connectivity index (χ2n) is 8.93. The molecule has 0 heterocycles. The van der Waals surface area contributed by atoms with Crippen molar-refractivity contribution in [2.45, 2.75) is 57.7 Å². The zero-order valence-electron chi connectivity index (χ0n) is 20.2. The van der Waals surface area contributed by atoms with Crippen molar-refractivity contribution >= 4 is 39.1 Å². The molecule has 1 atom stereocenters. The Labute approximate surface area is 215 Å². The second kappa shape index (κ2) is 12.0. The van der Waals surface area contributed by atoms with Gasteiger partial charge in [-0.15, -0.1) is 0 Å². The average molecular weight is 542 g/mol. The van der Waals surface area contributed by atoms with Gasteiger partial charge in [-0.2, -0.15) is 0 Å². The fraction of sp³-hybridized carbons (Fsp3) is 0.440. The summed E-state index contributed by atoms with van der Waals surface area (Å²) in [7, 11) is -3.97. The number of carbonyl (C=O) groups is 2. The number of hydrogen-bond donors (Lipinski definition) is 1. The highest BCUT2D eigenvalue weighted by Gasteiger charge is 2.33. The number of halogens is 3. The lowest BCUT2D eigenvalue weighted by atomic mass is 10.1. The molecule has 1 fully saturated rings. The molecule has 1 N–H and O–H groups in total. The molecule has 0 unspecified atom stereocenters. The highest BCUT2D eigenvalue weighted by Crippen LogP contribution is 2.25. The molecule has 196 valence electrons. The molecule has 11 heteroatoms. The Bertz CT molecular complexity index is 1190. The molecule has 2 aromatic rings. The largest absolute Gasteiger partial charge is 0.352 e. The van der Waals surface area contributed by atoms with Crippen LogP contribution in [0.25, 0.3) is 0 Å². The summed E-state index contributed by atoms with van der Waals surface area (Å²) < 4.78 is 53.1. The van der Waals surface area contributed by atoms with Crippen LogP contribution in [0.5, 0.6) is 0 Å². The smallest absolute Gasteiger partial charge is 0.244 e. The van der Waals surface area contributed by atoms with Crippen LogP contribution in [0.3, 0.4) is 0 Å². The van der Waals surface area contributed by atoms with Crippen LogP contribution in [0.4, 0.5) is 14.5 Å². The number of benzene rings is 2. The molecule has 0 aliphatic heterocycles. The van der Waals surface area contributed by atoms with E-state index >= 15 is 0 Å². The maximum absolute atomic E-state index is 13.7. The second-order valence-corrected chi connectivity index (χ2v) is 11.2. The quantitative estimate of drug-likeness (QED) is 0.487. The first-order valence-electron chi connectivity index (χ1n) is 11.8. The average Bonchev–Trinajstić information content (AvgIpc) is 3.32. The van der Waals surface area contributed by atoms with Gasteiger partial charge in [0.1, 0.15) is 24.2 Å². The predicted octanol–water partition coefficient (Wildman–Crippen LogP) is 4.25. The van der Waals surface area contributed by atoms with E-state index in [2.05, 4.69) is 5.32 Å². The molecule has 0 aromatic heterocycles. The number of rotatable bonds is 10. The van der Waals surface area contributed by atoms with E-state index in [4.69, 9.17) is 11.6 Å². The van der Waals surface area contributed by atoms with E-state index < -0.39 is 40.2 Å². The summed E-state index contributed by atoms with van der Waals surface area (Å²) in [6.45, 7) is 1.10. The first-order chi connectivity index (χ1) is 17.0. The third-order valence-corrected chi connectivity index (χ3v) is 7.65. The molecular formula is C25H30ClF2N3O4S. The van der Waals surface area contributed by atoms with E-state index in [1.807, 2.05) is 0 Å². The summed E-state index contributed by atoms with van der Waals surface area (Å²) in [5.41, 5.74) is 0.593. The molecule has 1 aliphatic rings. The van der Waals surface area contributed by atoms with Crippen LogP contribution in [-0.2, 0) is 26.2 Å². The van der Waals surface area contributed by atoms with Gasteiger partial charge < -0.3 is 10.2 Å². The van der Waals surface area contributed by atoms with Crippen LogP contribution in [0, 0.1) is 11.6 Å². The number of anilines is 1. The van der Waals surface area contributed by atoms with Gasteiger partial charge in [-0.25, -0.2) is 17.2 Å². The van der Waals surface area contributed by atoms with Gasteiger partial charge in [0.2, 0.25) is 21.8 Å². The Morgan fingerprint density at radius 2 is 1.75 bits per heavy atom. The summed E-state index contributed by atoms with van der Waals surface area (Å²) in [5.74, 6) is -2.14. The van der Waals surface area contributed by atoms with Gasteiger partial charge in [-0.1, -0.05) is 43.5 Å². The maximum Gasteiger partial charge on any atom is 0.244 e. The van der Waals surface area contributed by atoms with E-state index in [0.29, 0.717) is 5.56 Å². The highest BCUT2D eigenvalue weighted by molar-refractivity contribution is 7.92. The Balaban J connectivity index is 1.92. The number of amides is 2. The molecule has 2 amide bonds. The number of hydrogen-bond acceptors (Lipinski definition) is 4. The number of carbonyl (C=O) groups excluding carboxylic acids is 2. The number of nitrogens with zero attached hydrogens (tertiary/aromatic N) is 2. The van der Waals surface area contributed by atoms with Gasteiger partial charge in [0.05, 0.1) is 17.0 Å². The summed E-state index contributed by atoms with van der Waals surface area (Å²) >= 11 is 5.85. The Morgan fingerprint density at radius 1 is 1.11 bits per heavy atom. The number of sulfonamides is 1. The van der Waals surface area contributed by atoms with Crippen molar-refractivity contribution < 1.29 is 26.8 Å². The molecule has 1 saturated carbocycles. The Morgan fingerprint density at radius 3 is 2.31 bits per heavy atom. The van der Waals surface area contributed by atoms with Gasteiger partial charge in [0.25, 0.3) is 0 Å². The van der Waals surface area contributed by atoms with Gasteiger partial charge in [-0.05, 0) is 55.2 Å². The monoisotopic (exact) mass is 541 g/mol. The van der Waals surface area contributed by atoms with Crippen molar-refractivity contribution in [2.75, 3.05) is 17.1 Å². The minimum atomic E-state index is -3.97. The number of nitrogens with one attached hydrogen (secondary N) is 1. The van der Waals surface area contributed by atoms with Gasteiger partial charge >= 0.3 is 0 Å². The van der Waals surface area contributed by atoms with Gasteiger partial charge in [-0.3, -0.25) is 13.9 Å². The van der Waals surface area contributed by atoms with E-state index in [1.54, 1.807) is 6.92 Å². The molecule has 1 aliphatic carbocycles. The topological polar surface area (TPSA) is 86.8 Å². The fourth-order valence-corrected chi connectivity index (χ4v) is 5.34. The maximum atomic E-state index is 13.7. The van der Waals surface area contributed by atoms with Crippen molar-refractivity contribution in [2.24, 2.45) is 0 Å². The van der Waals surface area contributed by atoms with Gasteiger partial charge in [0.15, 0.2) is 0 Å². The predicted molar refractivity (Wildman–Crippen MR) is 135 cm³/mol. The minimum absolute atomic E-state index is 0.0161. The summed E-state index contributed by atoms with van der Waals surface area (Å²) in [6.07, 6.45) is 4.97. The van der Waals surface area contributed by atoms with Crippen molar-refractivity contribution in [3.63, 3.8) is 0 Å². The normalized spacial score (nSPS) is 14.9. The van der Waals surface area contributed by atoms with Crippen LogP contribution in [0.15, 0.2) is 42.5 Å². The van der Waals surface area contributed by atoms with E-state index in [-0.39, 0.29) is 35.6 Å². The summed E-state index contributed by atoms with van der Waals surface area (Å²) in [4.78, 5) is 28.1. The molecule has 7 nitrogen and oxygen atoms in total. The third-order valence-electron chi connectivity index (χ3n) is 6.22. The zero-order valence-corrected chi connectivity index (χ0v) is 21.8. The third kappa shape index (κ3) is 7.16. The van der Waals surface area contributed by atoms with Crippen molar-refractivity contribution in [1.82, 2.24) is 10.2 Å². The van der Waals surface area contributed by atoms with E-state index in [0.717, 1.165) is 48.4 Å². The van der Waals surface area contributed by atoms with Crippen LogP contribution in [0.2, 0.25) is 5.02 Å². The molecule has 3 rings (SSSR count). The lowest BCUT2D eigenvalue weighted by Crippen LogP contribution is -2.53. The van der Waals surface area contributed by atoms with Crippen LogP contribution in [-0.4, -0.2) is 50.0 Å². The first kappa shape index (κ1) is 27.9. The highest BCUT2D eigenvalue weighted by atomic mass is 35.5. The molecule has 36 heavy (non-hydrogen) atoms. The van der Waals surface area contributed by atoms with E-state index in [1.165, 1.54) is 35.2 Å². The lowest BCUT2D eigenvalue weighted by Gasteiger charge is -2.33. The van der Waals surface area contributed by atoms with Crippen LogP contribution >= 0.6 is 11.6 Å². The standard InChI is InChI=1S/C25H30ClF2N3O4S/c1-3-23(25(33)29-19-6-4-5-7-19)30(15-17-8-10-18(27)11-9-17)24(32)16-31(36(2,34)35)20-12-13-22(28)21(26)14-20/h8-14,19,23H,3-7,15-16H2,1-2H3,(H,29,33)/t23-/m1/s1. The van der Waals surface area contributed by atoms with Crippen LogP contribution < -0.4 is 9.62 Å². The van der Waals surface area contributed by atoms with Gasteiger partial charge in [0, 0.05) is 12.6 Å². The molecule has 0 bridgehead atoms. The SMILES string of the molecule is CC[C@H](C(=O)NC1CCCC1)N(Cc1ccc(F)cc1)C(=O)CN(c1ccc(F)c(Cl)c1)S(C)(=O)=O. The minimum Gasteiger partial charge on any atom is -0.352 e.